The monoisotopic (exact) mass is 255 g/mol. The van der Waals surface area contributed by atoms with Crippen molar-refractivity contribution in [2.24, 2.45) is 0 Å². The summed E-state index contributed by atoms with van der Waals surface area (Å²) >= 11 is 0. The second-order valence-electron chi connectivity index (χ2n) is 3.56. The molecule has 0 bridgehead atoms. The molecule has 0 saturated heterocycles. The van der Waals surface area contributed by atoms with Crippen molar-refractivity contribution in [3.8, 4) is 12.3 Å². The molecule has 0 aliphatic rings. The molecule has 0 aliphatic heterocycles. The molecule has 0 aromatic heterocycles. The summed E-state index contributed by atoms with van der Waals surface area (Å²) in [5.41, 5.74) is 0. The second kappa shape index (κ2) is 5.80. The highest BCUT2D eigenvalue weighted by Crippen LogP contribution is 2.14. The lowest BCUT2D eigenvalue weighted by molar-refractivity contribution is 0.545. The lowest BCUT2D eigenvalue weighted by atomic mass is 10.2. The third-order valence-electron chi connectivity index (χ3n) is 2.20. The van der Waals surface area contributed by atoms with Crippen molar-refractivity contribution in [2.45, 2.75) is 30.7 Å². The molecule has 17 heavy (non-hydrogen) atoms. The lowest BCUT2D eigenvalue weighted by Crippen LogP contribution is -2.34. The van der Waals surface area contributed by atoms with Gasteiger partial charge in [-0.2, -0.15) is 4.72 Å². The molecule has 1 N–H and O–H groups in total. The number of halogens is 1. The molecule has 3 nitrogen and oxygen atoms in total. The minimum atomic E-state index is -3.89. The van der Waals surface area contributed by atoms with E-state index in [0.29, 0.717) is 6.42 Å². The zero-order chi connectivity index (χ0) is 12.9. The van der Waals surface area contributed by atoms with Crippen LogP contribution in [0.4, 0.5) is 4.39 Å². The van der Waals surface area contributed by atoms with Gasteiger partial charge in [-0.05, 0) is 18.6 Å². The van der Waals surface area contributed by atoms with Gasteiger partial charge in [0.2, 0.25) is 10.0 Å². The van der Waals surface area contributed by atoms with Crippen LogP contribution in [0.2, 0.25) is 0 Å². The average molecular weight is 255 g/mol. The Labute approximate surface area is 101 Å². The van der Waals surface area contributed by atoms with Crippen LogP contribution in [0.15, 0.2) is 29.2 Å². The predicted octanol–water partition coefficient (Wildman–Crippen LogP) is 1.91. The maximum Gasteiger partial charge on any atom is 0.244 e. The van der Waals surface area contributed by atoms with Crippen LogP contribution in [0.5, 0.6) is 0 Å². The molecule has 0 aliphatic carbocycles. The van der Waals surface area contributed by atoms with Gasteiger partial charge in [-0.1, -0.05) is 31.4 Å². The molecule has 92 valence electrons. The number of nitrogens with one attached hydrogen (secondary N) is 1. The van der Waals surface area contributed by atoms with Gasteiger partial charge >= 0.3 is 0 Å². The average Bonchev–Trinajstić information content (AvgIpc) is 2.28. The molecule has 5 heteroatoms. The number of hydrogen-bond donors (Lipinski definition) is 1. The molecular weight excluding hydrogens is 241 g/mol. The third-order valence-corrected chi connectivity index (χ3v) is 3.71. The maximum atomic E-state index is 13.4. The summed E-state index contributed by atoms with van der Waals surface area (Å²) in [5, 5.41) is 0. The van der Waals surface area contributed by atoms with Crippen LogP contribution in [-0.4, -0.2) is 14.5 Å². The Balaban J connectivity index is 2.98. The zero-order valence-corrected chi connectivity index (χ0v) is 10.3. The summed E-state index contributed by atoms with van der Waals surface area (Å²) in [6.07, 6.45) is 6.47. The quantitative estimate of drug-likeness (QED) is 0.817. The van der Waals surface area contributed by atoms with E-state index < -0.39 is 21.9 Å². The Morgan fingerprint density at radius 2 is 2.12 bits per heavy atom. The number of rotatable bonds is 5. The van der Waals surface area contributed by atoms with Crippen molar-refractivity contribution in [3.05, 3.63) is 30.1 Å². The molecule has 1 aromatic carbocycles. The van der Waals surface area contributed by atoms with Crippen LogP contribution in [0, 0.1) is 18.2 Å². The highest BCUT2D eigenvalue weighted by atomic mass is 32.2. The summed E-state index contributed by atoms with van der Waals surface area (Å²) in [4.78, 5) is -0.378. The fraction of sp³-hybridized carbons (Fsp3) is 0.333. The van der Waals surface area contributed by atoms with E-state index in [0.717, 1.165) is 12.5 Å². The lowest BCUT2D eigenvalue weighted by Gasteiger charge is -2.12. The van der Waals surface area contributed by atoms with Crippen LogP contribution in [0.25, 0.3) is 0 Å². The Bertz CT molecular complexity index is 520. The van der Waals surface area contributed by atoms with E-state index in [9.17, 15) is 12.8 Å². The number of hydrogen-bond acceptors (Lipinski definition) is 2. The normalized spacial score (nSPS) is 13.0. The van der Waals surface area contributed by atoms with Crippen LogP contribution >= 0.6 is 0 Å². The topological polar surface area (TPSA) is 46.2 Å². The molecular formula is C12H14FNO2S. The molecule has 1 unspecified atom stereocenters. The third kappa shape index (κ3) is 3.55. The predicted molar refractivity (Wildman–Crippen MR) is 64.3 cm³/mol. The molecule has 1 aromatic rings. The second-order valence-corrected chi connectivity index (χ2v) is 5.24. The number of benzene rings is 1. The summed E-state index contributed by atoms with van der Waals surface area (Å²) in [7, 11) is -3.89. The fourth-order valence-electron chi connectivity index (χ4n) is 1.38. The van der Waals surface area contributed by atoms with Gasteiger partial charge < -0.3 is 0 Å². The highest BCUT2D eigenvalue weighted by Gasteiger charge is 2.21. The van der Waals surface area contributed by atoms with Crippen molar-refractivity contribution in [1.82, 2.24) is 4.72 Å². The number of terminal acetylenes is 1. The van der Waals surface area contributed by atoms with Crippen molar-refractivity contribution >= 4 is 10.0 Å². The van der Waals surface area contributed by atoms with E-state index in [1.54, 1.807) is 0 Å². The van der Waals surface area contributed by atoms with Crippen LogP contribution in [0.1, 0.15) is 19.8 Å². The SMILES string of the molecule is C#CC(CCC)NS(=O)(=O)c1ccccc1F. The molecule has 0 fully saturated rings. The summed E-state index contributed by atoms with van der Waals surface area (Å²) < 4.78 is 39.4. The summed E-state index contributed by atoms with van der Waals surface area (Å²) in [5.74, 6) is 1.55. The maximum absolute atomic E-state index is 13.4. The van der Waals surface area contributed by atoms with Crippen molar-refractivity contribution in [3.63, 3.8) is 0 Å². The van der Waals surface area contributed by atoms with Crippen molar-refractivity contribution < 1.29 is 12.8 Å². The van der Waals surface area contributed by atoms with E-state index in [4.69, 9.17) is 6.42 Å². The minimum Gasteiger partial charge on any atom is -0.207 e. The Hall–Kier alpha value is -1.38. The van der Waals surface area contributed by atoms with Gasteiger partial charge in [-0.3, -0.25) is 0 Å². The van der Waals surface area contributed by atoms with E-state index in [-0.39, 0.29) is 4.90 Å². The number of sulfonamides is 1. The van der Waals surface area contributed by atoms with Gasteiger partial charge in [0.25, 0.3) is 0 Å². The minimum absolute atomic E-state index is 0.378. The van der Waals surface area contributed by atoms with E-state index >= 15 is 0 Å². The Morgan fingerprint density at radius 1 is 1.47 bits per heavy atom. The first-order valence-corrected chi connectivity index (χ1v) is 6.72. The molecule has 0 radical (unpaired) electrons. The molecule has 1 rings (SSSR count). The van der Waals surface area contributed by atoms with Crippen molar-refractivity contribution in [1.29, 1.82) is 0 Å². The summed E-state index contributed by atoms with van der Waals surface area (Å²) in [6.45, 7) is 1.89. The Kier molecular flexibility index (Phi) is 4.67. The molecule has 0 heterocycles. The van der Waals surface area contributed by atoms with Crippen molar-refractivity contribution in [2.75, 3.05) is 0 Å². The van der Waals surface area contributed by atoms with E-state index in [2.05, 4.69) is 10.6 Å². The van der Waals surface area contributed by atoms with Gasteiger partial charge in [0.15, 0.2) is 0 Å². The van der Waals surface area contributed by atoms with Crippen LogP contribution in [-0.2, 0) is 10.0 Å². The zero-order valence-electron chi connectivity index (χ0n) is 9.48. The molecule has 0 amide bonds. The highest BCUT2D eigenvalue weighted by molar-refractivity contribution is 7.89. The van der Waals surface area contributed by atoms with Crippen LogP contribution < -0.4 is 4.72 Å². The van der Waals surface area contributed by atoms with Gasteiger partial charge in [-0.15, -0.1) is 6.42 Å². The van der Waals surface area contributed by atoms with Gasteiger partial charge in [0.1, 0.15) is 10.7 Å². The van der Waals surface area contributed by atoms with Gasteiger partial charge in [0.05, 0.1) is 6.04 Å². The standard InChI is InChI=1S/C12H14FNO2S/c1-3-7-10(4-2)14-17(15,16)12-9-6-5-8-11(12)13/h2,5-6,8-10,14H,3,7H2,1H3. The molecule has 1 atom stereocenters. The van der Waals surface area contributed by atoms with Crippen LogP contribution in [0.3, 0.4) is 0 Å². The smallest absolute Gasteiger partial charge is 0.207 e. The largest absolute Gasteiger partial charge is 0.244 e. The molecule has 0 spiro atoms. The first kappa shape index (κ1) is 13.7. The fourth-order valence-corrected chi connectivity index (χ4v) is 2.65. The first-order valence-electron chi connectivity index (χ1n) is 5.24. The van der Waals surface area contributed by atoms with Gasteiger partial charge in [0, 0.05) is 0 Å². The van der Waals surface area contributed by atoms with E-state index in [1.807, 2.05) is 6.92 Å². The Morgan fingerprint density at radius 3 is 2.65 bits per heavy atom. The first-order chi connectivity index (χ1) is 8.01. The molecule has 0 saturated carbocycles. The summed E-state index contributed by atoms with van der Waals surface area (Å²) in [6, 6.07) is 4.59. The van der Waals surface area contributed by atoms with Gasteiger partial charge in [-0.25, -0.2) is 12.8 Å². The van der Waals surface area contributed by atoms with E-state index in [1.165, 1.54) is 18.2 Å².